The van der Waals surface area contributed by atoms with Crippen LogP contribution in [0.1, 0.15) is 18.4 Å². The number of hydrogen-bond donors (Lipinski definition) is 1. The minimum absolute atomic E-state index is 0.0890. The Bertz CT molecular complexity index is 1140. The first-order chi connectivity index (χ1) is 16.0. The number of methoxy groups -OCH3 is 3. The van der Waals surface area contributed by atoms with Gasteiger partial charge in [-0.25, -0.2) is 4.98 Å². The van der Waals surface area contributed by atoms with Crippen LogP contribution in [0.15, 0.2) is 47.5 Å². The minimum atomic E-state index is -0.188. The zero-order valence-electron chi connectivity index (χ0n) is 19.1. The molecule has 1 N–H and O–H groups in total. The average molecular weight is 456 g/mol. The number of nitrogens with one attached hydrogen (secondary N) is 1. The maximum absolute atomic E-state index is 12.8. The number of benzene rings is 2. The van der Waals surface area contributed by atoms with E-state index in [1.54, 1.807) is 19.2 Å². The van der Waals surface area contributed by atoms with Crippen LogP contribution in [-0.4, -0.2) is 50.0 Å². The highest BCUT2D eigenvalue weighted by Gasteiger charge is 2.11. The first-order valence-electron chi connectivity index (χ1n) is 10.6. The summed E-state index contributed by atoms with van der Waals surface area (Å²) in [6.45, 7) is 1.76. The predicted molar refractivity (Wildman–Crippen MR) is 124 cm³/mol. The molecule has 0 saturated heterocycles. The van der Waals surface area contributed by atoms with E-state index in [2.05, 4.69) is 10.3 Å². The molecule has 1 heterocycles. The third-order valence-electron chi connectivity index (χ3n) is 5.08. The number of aromatic nitrogens is 2. The van der Waals surface area contributed by atoms with E-state index in [1.165, 1.54) is 25.1 Å². The molecule has 176 valence electrons. The fourth-order valence-electron chi connectivity index (χ4n) is 3.33. The molecule has 0 aliphatic rings. The average Bonchev–Trinajstić information content (AvgIpc) is 2.84. The molecule has 0 unspecified atom stereocenters. The normalized spacial score (nSPS) is 10.8. The monoisotopic (exact) mass is 455 g/mol. The highest BCUT2D eigenvalue weighted by molar-refractivity contribution is 5.81. The van der Waals surface area contributed by atoms with Crippen LogP contribution in [0, 0.1) is 0 Å². The number of aryl methyl sites for hydroxylation is 1. The van der Waals surface area contributed by atoms with Gasteiger partial charge in [-0.15, -0.1) is 0 Å². The van der Waals surface area contributed by atoms with Crippen LogP contribution in [-0.2, 0) is 22.6 Å². The van der Waals surface area contributed by atoms with Crippen molar-refractivity contribution >= 4 is 16.8 Å². The lowest BCUT2D eigenvalue weighted by Gasteiger charge is -2.11. The van der Waals surface area contributed by atoms with Crippen molar-refractivity contribution in [2.75, 3.05) is 34.5 Å². The maximum atomic E-state index is 12.8. The molecule has 0 spiro atoms. The molecule has 0 saturated carbocycles. The van der Waals surface area contributed by atoms with Gasteiger partial charge in [-0.05, 0) is 30.2 Å². The van der Waals surface area contributed by atoms with Gasteiger partial charge >= 0.3 is 0 Å². The molecular weight excluding hydrogens is 426 g/mol. The van der Waals surface area contributed by atoms with Crippen molar-refractivity contribution in [2.24, 2.45) is 0 Å². The number of ether oxygens (including phenoxy) is 4. The van der Waals surface area contributed by atoms with Gasteiger partial charge in [0.25, 0.3) is 5.56 Å². The fourth-order valence-corrected chi connectivity index (χ4v) is 3.33. The Kier molecular flexibility index (Phi) is 8.65. The highest BCUT2D eigenvalue weighted by Crippen LogP contribution is 2.29. The standard InChI is InChI=1S/C24H29N3O6/c1-30-10-11-33-18-7-4-6-17(12-18)15-25-23(28)8-5-9-27-16-26-20-14-22(32-3)21(31-2)13-19(20)24(27)29/h4,6-7,12-14,16H,5,8-11,15H2,1-3H3,(H,25,28). The SMILES string of the molecule is COCCOc1cccc(CNC(=O)CCCn2cnc3cc(OC)c(OC)cc3c2=O)c1. The van der Waals surface area contributed by atoms with E-state index in [0.717, 1.165) is 11.3 Å². The molecule has 3 aromatic rings. The summed E-state index contributed by atoms with van der Waals surface area (Å²) in [4.78, 5) is 29.4. The Labute approximate surface area is 192 Å². The maximum Gasteiger partial charge on any atom is 0.261 e. The van der Waals surface area contributed by atoms with Crippen LogP contribution < -0.4 is 25.1 Å². The Morgan fingerprint density at radius 3 is 2.61 bits per heavy atom. The van der Waals surface area contributed by atoms with Gasteiger partial charge in [0.2, 0.25) is 5.91 Å². The first kappa shape index (κ1) is 24.1. The van der Waals surface area contributed by atoms with Crippen LogP contribution in [0.5, 0.6) is 17.2 Å². The smallest absolute Gasteiger partial charge is 0.261 e. The van der Waals surface area contributed by atoms with Crippen LogP contribution in [0.4, 0.5) is 0 Å². The zero-order chi connectivity index (χ0) is 23.6. The van der Waals surface area contributed by atoms with E-state index < -0.39 is 0 Å². The first-order valence-corrected chi connectivity index (χ1v) is 10.6. The van der Waals surface area contributed by atoms with Crippen LogP contribution in [0.2, 0.25) is 0 Å². The lowest BCUT2D eigenvalue weighted by molar-refractivity contribution is -0.121. The molecule has 1 aromatic heterocycles. The lowest BCUT2D eigenvalue weighted by Crippen LogP contribution is -2.24. The Hall–Kier alpha value is -3.59. The highest BCUT2D eigenvalue weighted by atomic mass is 16.5. The van der Waals surface area contributed by atoms with Gasteiger partial charge < -0.3 is 24.3 Å². The number of nitrogens with zero attached hydrogens (tertiary/aromatic N) is 2. The summed E-state index contributed by atoms with van der Waals surface area (Å²) < 4.78 is 22.6. The molecule has 33 heavy (non-hydrogen) atoms. The molecule has 0 aliphatic carbocycles. The summed E-state index contributed by atoms with van der Waals surface area (Å²) in [6.07, 6.45) is 2.29. The van der Waals surface area contributed by atoms with Crippen LogP contribution >= 0.6 is 0 Å². The van der Waals surface area contributed by atoms with Gasteiger partial charge in [-0.3, -0.25) is 14.2 Å². The van der Waals surface area contributed by atoms with Crippen molar-refractivity contribution in [3.05, 3.63) is 58.6 Å². The second kappa shape index (κ2) is 11.9. The van der Waals surface area contributed by atoms with Gasteiger partial charge in [-0.1, -0.05) is 12.1 Å². The summed E-state index contributed by atoms with van der Waals surface area (Å²) in [5.41, 5.74) is 1.28. The Morgan fingerprint density at radius 2 is 1.85 bits per heavy atom. The van der Waals surface area contributed by atoms with Crippen molar-refractivity contribution in [2.45, 2.75) is 25.9 Å². The summed E-state index contributed by atoms with van der Waals surface area (Å²) in [7, 11) is 4.67. The van der Waals surface area contributed by atoms with Crippen molar-refractivity contribution in [3.63, 3.8) is 0 Å². The van der Waals surface area contributed by atoms with Crippen LogP contribution in [0.3, 0.4) is 0 Å². The molecule has 9 heteroatoms. The summed E-state index contributed by atoms with van der Waals surface area (Å²) >= 11 is 0. The molecule has 0 radical (unpaired) electrons. The second-order valence-electron chi connectivity index (χ2n) is 7.34. The largest absolute Gasteiger partial charge is 0.493 e. The minimum Gasteiger partial charge on any atom is -0.493 e. The quantitative estimate of drug-likeness (QED) is 0.419. The molecule has 0 atom stereocenters. The summed E-state index contributed by atoms with van der Waals surface area (Å²) in [5.74, 6) is 1.62. The van der Waals surface area contributed by atoms with Gasteiger partial charge in [0.05, 0.1) is 38.1 Å². The number of fused-ring (bicyclic) bond motifs is 1. The number of carbonyl (C=O) groups is 1. The third-order valence-corrected chi connectivity index (χ3v) is 5.08. The van der Waals surface area contributed by atoms with Crippen molar-refractivity contribution in [1.82, 2.24) is 14.9 Å². The van der Waals surface area contributed by atoms with E-state index in [-0.39, 0.29) is 11.5 Å². The topological polar surface area (TPSA) is 101 Å². The molecule has 9 nitrogen and oxygen atoms in total. The Morgan fingerprint density at radius 1 is 1.06 bits per heavy atom. The predicted octanol–water partition coefficient (Wildman–Crippen LogP) is 2.54. The molecular formula is C24H29N3O6. The molecule has 1 amide bonds. The zero-order valence-corrected chi connectivity index (χ0v) is 19.1. The van der Waals surface area contributed by atoms with Gasteiger partial charge in [0.15, 0.2) is 11.5 Å². The fraction of sp³-hybridized carbons (Fsp3) is 0.375. The van der Waals surface area contributed by atoms with Gasteiger partial charge in [0.1, 0.15) is 12.4 Å². The molecule has 3 rings (SSSR count). The molecule has 0 fully saturated rings. The van der Waals surface area contributed by atoms with Crippen molar-refractivity contribution in [3.8, 4) is 17.2 Å². The van der Waals surface area contributed by atoms with E-state index >= 15 is 0 Å². The van der Waals surface area contributed by atoms with E-state index in [9.17, 15) is 9.59 Å². The van der Waals surface area contributed by atoms with Crippen molar-refractivity contribution < 1.29 is 23.7 Å². The van der Waals surface area contributed by atoms with Crippen molar-refractivity contribution in [1.29, 1.82) is 0 Å². The number of hydrogen-bond acceptors (Lipinski definition) is 7. The number of amides is 1. The second-order valence-corrected chi connectivity index (χ2v) is 7.34. The molecule has 0 bridgehead atoms. The van der Waals surface area contributed by atoms with Gasteiger partial charge in [0, 0.05) is 32.7 Å². The lowest BCUT2D eigenvalue weighted by atomic mass is 10.2. The molecule has 0 aliphatic heterocycles. The summed E-state index contributed by atoms with van der Waals surface area (Å²) in [6, 6.07) is 10.9. The van der Waals surface area contributed by atoms with E-state index in [4.69, 9.17) is 18.9 Å². The van der Waals surface area contributed by atoms with Crippen LogP contribution in [0.25, 0.3) is 10.9 Å². The van der Waals surface area contributed by atoms with E-state index in [1.807, 2.05) is 24.3 Å². The number of carbonyl (C=O) groups excluding carboxylic acids is 1. The Balaban J connectivity index is 1.53. The molecule has 2 aromatic carbocycles. The van der Waals surface area contributed by atoms with Gasteiger partial charge in [-0.2, -0.15) is 0 Å². The number of rotatable bonds is 12. The van der Waals surface area contributed by atoms with E-state index in [0.29, 0.717) is 61.5 Å². The summed E-state index contributed by atoms with van der Waals surface area (Å²) in [5, 5.41) is 3.34. The third kappa shape index (κ3) is 6.45.